The Labute approximate surface area is 129 Å². The highest BCUT2D eigenvalue weighted by atomic mass is 16.5. The average Bonchev–Trinajstić information content (AvgIpc) is 2.47. The molecule has 0 aromatic heterocycles. The van der Waals surface area contributed by atoms with Crippen LogP contribution in [0.4, 0.5) is 5.69 Å². The molecule has 0 saturated carbocycles. The third-order valence-electron chi connectivity index (χ3n) is 2.73. The van der Waals surface area contributed by atoms with Gasteiger partial charge in [0.15, 0.2) is 0 Å². The van der Waals surface area contributed by atoms with E-state index in [1.165, 1.54) is 14.0 Å². The molecule has 3 N–H and O–H groups in total. The average molecular weight is 310 g/mol. The Morgan fingerprint density at radius 1 is 1.27 bits per heavy atom. The summed E-state index contributed by atoms with van der Waals surface area (Å²) < 4.78 is 10.2. The van der Waals surface area contributed by atoms with Gasteiger partial charge in [-0.1, -0.05) is 12.1 Å². The Kier molecular flexibility index (Phi) is 6.81. The van der Waals surface area contributed by atoms with Gasteiger partial charge in [0.2, 0.25) is 0 Å². The van der Waals surface area contributed by atoms with Gasteiger partial charge in [0.05, 0.1) is 18.9 Å². The van der Waals surface area contributed by atoms with Crippen LogP contribution in [0.15, 0.2) is 24.3 Å². The van der Waals surface area contributed by atoms with E-state index in [0.717, 1.165) is 0 Å². The smallest absolute Gasteiger partial charge is 0.313 e. The van der Waals surface area contributed by atoms with E-state index in [4.69, 9.17) is 9.47 Å². The van der Waals surface area contributed by atoms with Crippen molar-refractivity contribution in [3.63, 3.8) is 0 Å². The third kappa shape index (κ3) is 5.71. The molecule has 1 aromatic rings. The van der Waals surface area contributed by atoms with Crippen LogP contribution >= 0.6 is 0 Å². The van der Waals surface area contributed by atoms with Crippen LogP contribution in [0.2, 0.25) is 0 Å². The minimum atomic E-state index is -1.24. The number of anilines is 1. The lowest BCUT2D eigenvalue weighted by atomic mass is 10.1. The van der Waals surface area contributed by atoms with E-state index < -0.39 is 17.4 Å². The Morgan fingerprint density at radius 3 is 2.59 bits per heavy atom. The highest BCUT2D eigenvalue weighted by molar-refractivity contribution is 6.39. The van der Waals surface area contributed by atoms with E-state index in [0.29, 0.717) is 18.0 Å². The Bertz CT molecular complexity index is 516. The van der Waals surface area contributed by atoms with E-state index in [-0.39, 0.29) is 13.2 Å². The Morgan fingerprint density at radius 2 is 1.95 bits per heavy atom. The number of aliphatic hydroxyl groups is 1. The van der Waals surface area contributed by atoms with Crippen LogP contribution in [0.25, 0.3) is 0 Å². The molecule has 0 aliphatic carbocycles. The molecule has 0 fully saturated rings. The lowest BCUT2D eigenvalue weighted by Crippen LogP contribution is -2.46. The monoisotopic (exact) mass is 310 g/mol. The SMILES string of the molecule is CCOc1ccccc1NC(=O)C(=O)NCC(C)(O)COC. The number of methoxy groups -OCH3 is 1. The number of carbonyl (C=O) groups is 2. The number of para-hydroxylation sites is 2. The summed E-state index contributed by atoms with van der Waals surface area (Å²) in [6, 6.07) is 6.82. The fraction of sp³-hybridized carbons (Fsp3) is 0.467. The number of carbonyl (C=O) groups excluding carboxylic acids is 2. The van der Waals surface area contributed by atoms with Crippen molar-refractivity contribution >= 4 is 17.5 Å². The van der Waals surface area contributed by atoms with Crippen LogP contribution in [0.3, 0.4) is 0 Å². The Balaban J connectivity index is 2.60. The van der Waals surface area contributed by atoms with Gasteiger partial charge in [-0.2, -0.15) is 0 Å². The van der Waals surface area contributed by atoms with Gasteiger partial charge < -0.3 is 25.2 Å². The van der Waals surface area contributed by atoms with Crippen LogP contribution in [-0.4, -0.2) is 49.4 Å². The molecular formula is C15H22N2O5. The van der Waals surface area contributed by atoms with Crippen LogP contribution in [0.5, 0.6) is 5.75 Å². The summed E-state index contributed by atoms with van der Waals surface area (Å²) in [6.07, 6.45) is 0. The molecule has 7 heteroatoms. The second-order valence-corrected chi connectivity index (χ2v) is 5.00. The summed E-state index contributed by atoms with van der Waals surface area (Å²) in [5.74, 6) is -1.19. The summed E-state index contributed by atoms with van der Waals surface area (Å²) in [4.78, 5) is 23.6. The maximum absolute atomic E-state index is 11.9. The minimum Gasteiger partial charge on any atom is -0.492 e. The van der Waals surface area contributed by atoms with E-state index in [1.807, 2.05) is 6.92 Å². The second-order valence-electron chi connectivity index (χ2n) is 5.00. The minimum absolute atomic E-state index is 0.0437. The third-order valence-corrected chi connectivity index (χ3v) is 2.73. The van der Waals surface area contributed by atoms with Crippen LogP contribution < -0.4 is 15.4 Å². The molecule has 7 nitrogen and oxygen atoms in total. The zero-order valence-electron chi connectivity index (χ0n) is 13.0. The summed E-state index contributed by atoms with van der Waals surface area (Å²) in [5.41, 5.74) is -0.832. The number of benzene rings is 1. The van der Waals surface area contributed by atoms with Crippen LogP contribution in [0, 0.1) is 0 Å². The van der Waals surface area contributed by atoms with Gasteiger partial charge in [0, 0.05) is 13.7 Å². The molecule has 0 bridgehead atoms. The molecule has 22 heavy (non-hydrogen) atoms. The first-order valence-electron chi connectivity index (χ1n) is 6.92. The normalized spacial score (nSPS) is 13.1. The molecule has 1 rings (SSSR count). The number of ether oxygens (including phenoxy) is 2. The largest absolute Gasteiger partial charge is 0.492 e. The number of hydrogen-bond donors (Lipinski definition) is 3. The van der Waals surface area contributed by atoms with Crippen molar-refractivity contribution in [2.24, 2.45) is 0 Å². The van der Waals surface area contributed by atoms with Gasteiger partial charge >= 0.3 is 11.8 Å². The van der Waals surface area contributed by atoms with Crippen molar-refractivity contribution < 1.29 is 24.2 Å². The van der Waals surface area contributed by atoms with Crippen molar-refractivity contribution in [2.75, 3.05) is 32.2 Å². The van der Waals surface area contributed by atoms with Crippen molar-refractivity contribution in [1.82, 2.24) is 5.32 Å². The molecule has 0 aliphatic rings. The zero-order chi connectivity index (χ0) is 16.6. The lowest BCUT2D eigenvalue weighted by molar-refractivity contribution is -0.137. The van der Waals surface area contributed by atoms with E-state index in [9.17, 15) is 14.7 Å². The van der Waals surface area contributed by atoms with Crippen LogP contribution in [0.1, 0.15) is 13.8 Å². The van der Waals surface area contributed by atoms with Gasteiger partial charge in [-0.15, -0.1) is 0 Å². The number of hydrogen-bond acceptors (Lipinski definition) is 5. The fourth-order valence-electron chi connectivity index (χ4n) is 1.74. The predicted octanol–water partition coefficient (Wildman–Crippen LogP) is 0.537. The molecule has 0 heterocycles. The molecule has 2 amide bonds. The fourth-order valence-corrected chi connectivity index (χ4v) is 1.74. The van der Waals surface area contributed by atoms with E-state index in [2.05, 4.69) is 10.6 Å². The number of rotatable bonds is 7. The van der Waals surface area contributed by atoms with Crippen molar-refractivity contribution in [2.45, 2.75) is 19.4 Å². The van der Waals surface area contributed by atoms with Crippen LogP contribution in [-0.2, 0) is 14.3 Å². The van der Waals surface area contributed by atoms with E-state index >= 15 is 0 Å². The summed E-state index contributed by atoms with van der Waals surface area (Å²) in [6.45, 7) is 3.71. The quantitative estimate of drug-likeness (QED) is 0.639. The van der Waals surface area contributed by atoms with Gasteiger partial charge in [0.1, 0.15) is 11.4 Å². The standard InChI is InChI=1S/C15H22N2O5/c1-4-22-12-8-6-5-7-11(12)17-14(19)13(18)16-9-15(2,20)10-21-3/h5-8,20H,4,9-10H2,1-3H3,(H,16,18)(H,17,19). The highest BCUT2D eigenvalue weighted by Crippen LogP contribution is 2.23. The summed E-state index contributed by atoms with van der Waals surface area (Å²) >= 11 is 0. The van der Waals surface area contributed by atoms with E-state index in [1.54, 1.807) is 24.3 Å². The topological polar surface area (TPSA) is 96.9 Å². The number of nitrogens with one attached hydrogen (secondary N) is 2. The maximum atomic E-state index is 11.9. The predicted molar refractivity (Wildman–Crippen MR) is 81.8 cm³/mol. The molecular weight excluding hydrogens is 288 g/mol. The molecule has 0 aliphatic heterocycles. The maximum Gasteiger partial charge on any atom is 0.313 e. The zero-order valence-corrected chi connectivity index (χ0v) is 13.0. The second kappa shape index (κ2) is 8.35. The summed E-state index contributed by atoms with van der Waals surface area (Å²) in [7, 11) is 1.44. The lowest BCUT2D eigenvalue weighted by Gasteiger charge is -2.22. The van der Waals surface area contributed by atoms with Crippen molar-refractivity contribution in [3.8, 4) is 5.75 Å². The highest BCUT2D eigenvalue weighted by Gasteiger charge is 2.23. The Hall–Kier alpha value is -2.12. The van der Waals surface area contributed by atoms with Crippen molar-refractivity contribution in [1.29, 1.82) is 0 Å². The number of amides is 2. The molecule has 0 spiro atoms. The van der Waals surface area contributed by atoms with Gasteiger partial charge in [-0.3, -0.25) is 9.59 Å². The van der Waals surface area contributed by atoms with Gasteiger partial charge in [-0.25, -0.2) is 0 Å². The molecule has 0 radical (unpaired) electrons. The summed E-state index contributed by atoms with van der Waals surface area (Å²) in [5, 5.41) is 14.7. The molecule has 0 saturated heterocycles. The van der Waals surface area contributed by atoms with Gasteiger partial charge in [-0.05, 0) is 26.0 Å². The van der Waals surface area contributed by atoms with Crippen molar-refractivity contribution in [3.05, 3.63) is 24.3 Å². The first kappa shape index (κ1) is 17.9. The van der Waals surface area contributed by atoms with Gasteiger partial charge in [0.25, 0.3) is 0 Å². The molecule has 1 unspecified atom stereocenters. The first-order chi connectivity index (χ1) is 10.4. The first-order valence-corrected chi connectivity index (χ1v) is 6.92. The molecule has 122 valence electrons. The molecule has 1 aromatic carbocycles. The molecule has 1 atom stereocenters.